The third kappa shape index (κ3) is 6.57. The molecule has 2 N–H and O–H groups in total. The molecule has 2 amide bonds. The van der Waals surface area contributed by atoms with Crippen LogP contribution in [0.4, 0.5) is 5.69 Å². The molecule has 0 radical (unpaired) electrons. The molecule has 0 aromatic heterocycles. The van der Waals surface area contributed by atoms with Crippen LogP contribution in [-0.4, -0.2) is 36.2 Å². The van der Waals surface area contributed by atoms with E-state index in [4.69, 9.17) is 4.74 Å². The lowest BCUT2D eigenvalue weighted by Gasteiger charge is -2.14. The Morgan fingerprint density at radius 1 is 0.966 bits per heavy atom. The van der Waals surface area contributed by atoms with E-state index in [-0.39, 0.29) is 12.3 Å². The van der Waals surface area contributed by atoms with Gasteiger partial charge >= 0.3 is 5.97 Å². The van der Waals surface area contributed by atoms with Crippen molar-refractivity contribution >= 4 is 29.3 Å². The molecular formula is C22H24N2O5. The van der Waals surface area contributed by atoms with Crippen molar-refractivity contribution in [2.75, 3.05) is 11.9 Å². The van der Waals surface area contributed by atoms with Gasteiger partial charge in [0.05, 0.1) is 0 Å². The van der Waals surface area contributed by atoms with E-state index in [1.807, 2.05) is 19.9 Å². The van der Waals surface area contributed by atoms with Crippen LogP contribution in [0.3, 0.4) is 0 Å². The summed E-state index contributed by atoms with van der Waals surface area (Å²) in [5.41, 5.74) is 3.22. The molecule has 2 rings (SSSR count). The van der Waals surface area contributed by atoms with Gasteiger partial charge < -0.3 is 15.4 Å². The molecule has 29 heavy (non-hydrogen) atoms. The highest BCUT2D eigenvalue weighted by Gasteiger charge is 2.19. The molecule has 1 unspecified atom stereocenters. The van der Waals surface area contributed by atoms with Crippen molar-refractivity contribution in [3.05, 3.63) is 64.7 Å². The summed E-state index contributed by atoms with van der Waals surface area (Å²) in [5.74, 6) is -1.80. The number of esters is 1. The lowest BCUT2D eigenvalue weighted by atomic mass is 10.1. The maximum atomic E-state index is 12.2. The number of aryl methyl sites for hydroxylation is 2. The molecule has 7 heteroatoms. The first-order chi connectivity index (χ1) is 13.7. The summed E-state index contributed by atoms with van der Waals surface area (Å²) < 4.78 is 5.06. The number of anilines is 1. The molecule has 0 aliphatic rings. The van der Waals surface area contributed by atoms with Crippen LogP contribution in [0.1, 0.15) is 45.7 Å². The smallest absolute Gasteiger partial charge is 0.326 e. The van der Waals surface area contributed by atoms with Crippen molar-refractivity contribution in [1.82, 2.24) is 5.32 Å². The third-order valence-corrected chi connectivity index (χ3v) is 4.09. The number of Topliss-reactive ketones (excluding diaryl/α,β-unsaturated/α-hetero) is 1. The van der Waals surface area contributed by atoms with Gasteiger partial charge in [-0.1, -0.05) is 29.3 Å². The number of benzene rings is 2. The van der Waals surface area contributed by atoms with Crippen molar-refractivity contribution in [3.63, 3.8) is 0 Å². The van der Waals surface area contributed by atoms with Crippen molar-refractivity contribution in [2.45, 2.75) is 33.8 Å². The van der Waals surface area contributed by atoms with Crippen LogP contribution >= 0.6 is 0 Å². The molecule has 0 aliphatic carbocycles. The molecule has 152 valence electrons. The summed E-state index contributed by atoms with van der Waals surface area (Å²) in [6, 6.07) is 11.8. The molecule has 0 saturated heterocycles. The van der Waals surface area contributed by atoms with Gasteiger partial charge in [0.1, 0.15) is 6.54 Å². The molecule has 1 atom stereocenters. The number of carbonyl (C=O) groups is 4. The fraction of sp³-hybridized carbons (Fsp3) is 0.273. The van der Waals surface area contributed by atoms with Crippen LogP contribution in [0, 0.1) is 13.8 Å². The van der Waals surface area contributed by atoms with E-state index in [1.54, 1.807) is 36.4 Å². The van der Waals surface area contributed by atoms with E-state index < -0.39 is 23.9 Å². The first kappa shape index (κ1) is 21.8. The van der Waals surface area contributed by atoms with Gasteiger partial charge in [0, 0.05) is 16.8 Å². The largest absolute Gasteiger partial charge is 0.451 e. The quantitative estimate of drug-likeness (QED) is 0.554. The van der Waals surface area contributed by atoms with Gasteiger partial charge in [-0.2, -0.15) is 0 Å². The molecular weight excluding hydrogens is 372 g/mol. The zero-order valence-electron chi connectivity index (χ0n) is 16.9. The minimum Gasteiger partial charge on any atom is -0.451 e. The SMILES string of the molecule is CC(=O)c1cccc(NC(=O)C(C)OC(=O)CNC(=O)c2cc(C)cc(C)c2)c1. The first-order valence-electron chi connectivity index (χ1n) is 9.13. The predicted molar refractivity (Wildman–Crippen MR) is 109 cm³/mol. The minimum absolute atomic E-state index is 0.125. The second-order valence-corrected chi connectivity index (χ2v) is 6.82. The lowest BCUT2D eigenvalue weighted by Crippen LogP contribution is -2.35. The Bertz CT molecular complexity index is 932. The monoisotopic (exact) mass is 396 g/mol. The average Bonchev–Trinajstić information content (AvgIpc) is 2.65. The number of carbonyl (C=O) groups excluding carboxylic acids is 4. The van der Waals surface area contributed by atoms with Crippen LogP contribution in [0.15, 0.2) is 42.5 Å². The van der Waals surface area contributed by atoms with E-state index in [2.05, 4.69) is 10.6 Å². The van der Waals surface area contributed by atoms with Gasteiger partial charge in [-0.15, -0.1) is 0 Å². The van der Waals surface area contributed by atoms with E-state index in [0.29, 0.717) is 16.8 Å². The highest BCUT2D eigenvalue weighted by Crippen LogP contribution is 2.12. The van der Waals surface area contributed by atoms with Crippen molar-refractivity contribution < 1.29 is 23.9 Å². The molecule has 2 aromatic carbocycles. The summed E-state index contributed by atoms with van der Waals surface area (Å²) >= 11 is 0. The molecule has 0 fully saturated rings. The van der Waals surface area contributed by atoms with Gasteiger partial charge in [-0.25, -0.2) is 0 Å². The topological polar surface area (TPSA) is 102 Å². The van der Waals surface area contributed by atoms with E-state index >= 15 is 0 Å². The maximum Gasteiger partial charge on any atom is 0.326 e. The van der Waals surface area contributed by atoms with Crippen LogP contribution in [-0.2, 0) is 14.3 Å². The van der Waals surface area contributed by atoms with Gasteiger partial charge in [-0.3, -0.25) is 19.2 Å². The number of rotatable bonds is 7. The number of amides is 2. The van der Waals surface area contributed by atoms with E-state index in [1.165, 1.54) is 13.8 Å². The Balaban J connectivity index is 1.86. The number of ketones is 1. The minimum atomic E-state index is -1.07. The number of ether oxygens (including phenoxy) is 1. The lowest BCUT2D eigenvalue weighted by molar-refractivity contribution is -0.152. The number of hydrogen-bond donors (Lipinski definition) is 2. The van der Waals surface area contributed by atoms with Gasteiger partial charge in [0.15, 0.2) is 11.9 Å². The summed E-state index contributed by atoms with van der Waals surface area (Å²) in [5, 5.41) is 5.07. The van der Waals surface area contributed by atoms with Crippen molar-refractivity contribution in [3.8, 4) is 0 Å². The van der Waals surface area contributed by atoms with Crippen LogP contribution in [0.5, 0.6) is 0 Å². The maximum absolute atomic E-state index is 12.2. The molecule has 0 heterocycles. The summed E-state index contributed by atoms with van der Waals surface area (Å²) in [6.45, 7) is 6.25. The second-order valence-electron chi connectivity index (χ2n) is 6.82. The van der Waals surface area contributed by atoms with Gasteiger partial charge in [-0.05, 0) is 52.0 Å². The summed E-state index contributed by atoms with van der Waals surface area (Å²) in [7, 11) is 0. The van der Waals surface area contributed by atoms with Crippen LogP contribution in [0.25, 0.3) is 0 Å². The van der Waals surface area contributed by atoms with Gasteiger partial charge in [0.25, 0.3) is 11.8 Å². The molecule has 7 nitrogen and oxygen atoms in total. The Morgan fingerprint density at radius 3 is 2.24 bits per heavy atom. The standard InChI is InChI=1S/C22H24N2O5/c1-13-8-14(2)10-18(9-13)22(28)23-12-20(26)29-16(4)21(27)24-19-7-5-6-17(11-19)15(3)25/h5-11,16H,12H2,1-4H3,(H,23,28)(H,24,27). The van der Waals surface area contributed by atoms with Crippen molar-refractivity contribution in [1.29, 1.82) is 0 Å². The normalized spacial score (nSPS) is 11.3. The van der Waals surface area contributed by atoms with E-state index in [0.717, 1.165) is 11.1 Å². The Labute approximate surface area is 169 Å². The zero-order valence-corrected chi connectivity index (χ0v) is 16.9. The van der Waals surface area contributed by atoms with Crippen LogP contribution < -0.4 is 10.6 Å². The molecule has 0 spiro atoms. The summed E-state index contributed by atoms with van der Waals surface area (Å²) in [4.78, 5) is 47.8. The summed E-state index contributed by atoms with van der Waals surface area (Å²) in [6.07, 6.45) is -1.07. The average molecular weight is 396 g/mol. The predicted octanol–water partition coefficient (Wildman–Crippen LogP) is 2.81. The highest BCUT2D eigenvalue weighted by atomic mass is 16.5. The second kappa shape index (κ2) is 9.64. The fourth-order valence-electron chi connectivity index (χ4n) is 2.71. The Morgan fingerprint density at radius 2 is 1.62 bits per heavy atom. The molecule has 0 aliphatic heterocycles. The van der Waals surface area contributed by atoms with Gasteiger partial charge in [0.2, 0.25) is 0 Å². The first-order valence-corrected chi connectivity index (χ1v) is 9.13. The Kier molecular flexibility index (Phi) is 7.25. The Hall–Kier alpha value is -3.48. The fourth-order valence-corrected chi connectivity index (χ4v) is 2.71. The van der Waals surface area contributed by atoms with E-state index in [9.17, 15) is 19.2 Å². The number of nitrogens with one attached hydrogen (secondary N) is 2. The molecule has 0 saturated carbocycles. The third-order valence-electron chi connectivity index (χ3n) is 4.09. The highest BCUT2D eigenvalue weighted by molar-refractivity contribution is 5.99. The zero-order chi connectivity index (χ0) is 21.6. The van der Waals surface area contributed by atoms with Crippen LogP contribution in [0.2, 0.25) is 0 Å². The molecule has 0 bridgehead atoms. The van der Waals surface area contributed by atoms with Crippen molar-refractivity contribution in [2.24, 2.45) is 0 Å². The molecule has 2 aromatic rings. The number of hydrogen-bond acceptors (Lipinski definition) is 5.